The highest BCUT2D eigenvalue weighted by Gasteiger charge is 2.39. The van der Waals surface area contributed by atoms with Crippen LogP contribution in [0.4, 0.5) is 19.0 Å². The molecule has 0 atom stereocenters. The molecule has 1 aromatic carbocycles. The van der Waals surface area contributed by atoms with Crippen LogP contribution in [0.25, 0.3) is 0 Å². The van der Waals surface area contributed by atoms with Gasteiger partial charge in [0.2, 0.25) is 0 Å². The summed E-state index contributed by atoms with van der Waals surface area (Å²) < 4.78 is 40.7. The average Bonchev–Trinajstić information content (AvgIpc) is 3.10. The number of halogens is 7. The second-order valence-electron chi connectivity index (χ2n) is 5.81. The number of alkyl halides is 3. The van der Waals surface area contributed by atoms with Gasteiger partial charge in [0.15, 0.2) is 11.5 Å². The molecule has 29 heavy (non-hydrogen) atoms. The molecule has 1 N–H and O–H groups in total. The van der Waals surface area contributed by atoms with Crippen LogP contribution in [0.15, 0.2) is 28.9 Å². The van der Waals surface area contributed by atoms with E-state index in [-0.39, 0.29) is 23.1 Å². The SMILES string of the molecule is Cn1nc(C(F)(F)F)c(Br)c1C(=O)Nc1nn(Cc2c(Cl)cccc2Cl)cc1Cl. The Bertz CT molecular complexity index is 1080. The Hall–Kier alpha value is -1.75. The van der Waals surface area contributed by atoms with E-state index in [9.17, 15) is 18.0 Å². The van der Waals surface area contributed by atoms with Gasteiger partial charge in [0.1, 0.15) is 10.7 Å². The Labute approximate surface area is 185 Å². The summed E-state index contributed by atoms with van der Waals surface area (Å²) in [5.41, 5.74) is -0.954. The van der Waals surface area contributed by atoms with Crippen LogP contribution in [0.5, 0.6) is 0 Å². The molecular weight excluding hydrogens is 521 g/mol. The van der Waals surface area contributed by atoms with Gasteiger partial charge in [-0.2, -0.15) is 23.4 Å². The van der Waals surface area contributed by atoms with Gasteiger partial charge in [0.25, 0.3) is 5.91 Å². The van der Waals surface area contributed by atoms with E-state index >= 15 is 0 Å². The number of rotatable bonds is 4. The zero-order valence-electron chi connectivity index (χ0n) is 14.4. The predicted octanol–water partition coefficient (Wildman–Crippen LogP) is 5.66. The molecule has 2 heterocycles. The van der Waals surface area contributed by atoms with E-state index in [4.69, 9.17) is 34.8 Å². The summed E-state index contributed by atoms with van der Waals surface area (Å²) in [7, 11) is 1.22. The maximum atomic E-state index is 13.0. The van der Waals surface area contributed by atoms with Gasteiger partial charge in [-0.25, -0.2) is 0 Å². The number of hydrogen-bond donors (Lipinski definition) is 1. The third-order valence-corrected chi connectivity index (χ3v) is 5.54. The lowest BCUT2D eigenvalue weighted by Gasteiger charge is -2.07. The number of nitrogens with zero attached hydrogens (tertiary/aromatic N) is 4. The first-order chi connectivity index (χ1) is 13.5. The van der Waals surface area contributed by atoms with Crippen LogP contribution in [0.2, 0.25) is 15.1 Å². The molecule has 0 fully saturated rings. The minimum atomic E-state index is -4.72. The Morgan fingerprint density at radius 1 is 1.17 bits per heavy atom. The van der Waals surface area contributed by atoms with E-state index < -0.39 is 22.3 Å². The molecule has 0 radical (unpaired) electrons. The van der Waals surface area contributed by atoms with Crippen LogP contribution in [-0.4, -0.2) is 25.5 Å². The molecule has 0 aliphatic heterocycles. The normalized spacial score (nSPS) is 11.7. The lowest BCUT2D eigenvalue weighted by molar-refractivity contribution is -0.142. The van der Waals surface area contributed by atoms with Gasteiger partial charge in [0, 0.05) is 28.9 Å². The van der Waals surface area contributed by atoms with E-state index in [1.807, 2.05) is 0 Å². The molecule has 0 saturated heterocycles. The molecule has 3 aromatic rings. The minimum Gasteiger partial charge on any atom is -0.302 e. The molecule has 6 nitrogen and oxygen atoms in total. The lowest BCUT2D eigenvalue weighted by Crippen LogP contribution is -2.17. The first-order valence-corrected chi connectivity index (χ1v) is 9.68. The van der Waals surface area contributed by atoms with Crippen LogP contribution in [0.3, 0.4) is 0 Å². The van der Waals surface area contributed by atoms with E-state index in [1.165, 1.54) is 17.9 Å². The number of anilines is 1. The van der Waals surface area contributed by atoms with Gasteiger partial charge in [-0.3, -0.25) is 14.2 Å². The summed E-state index contributed by atoms with van der Waals surface area (Å²) in [6.07, 6.45) is -3.29. The maximum Gasteiger partial charge on any atom is 0.436 e. The van der Waals surface area contributed by atoms with Crippen molar-refractivity contribution in [2.24, 2.45) is 7.05 Å². The van der Waals surface area contributed by atoms with E-state index in [1.54, 1.807) is 18.2 Å². The fourth-order valence-corrected chi connectivity index (χ4v) is 3.96. The van der Waals surface area contributed by atoms with Crippen molar-refractivity contribution in [2.45, 2.75) is 12.7 Å². The molecule has 0 spiro atoms. The van der Waals surface area contributed by atoms with Crippen LogP contribution in [0, 0.1) is 0 Å². The molecule has 13 heteroatoms. The fraction of sp³-hybridized carbons (Fsp3) is 0.188. The lowest BCUT2D eigenvalue weighted by atomic mass is 10.2. The van der Waals surface area contributed by atoms with Crippen molar-refractivity contribution in [3.8, 4) is 0 Å². The second kappa shape index (κ2) is 8.17. The molecule has 154 valence electrons. The predicted molar refractivity (Wildman–Crippen MR) is 107 cm³/mol. The number of carbonyl (C=O) groups excluding carboxylic acids is 1. The molecule has 0 aliphatic carbocycles. The number of amides is 1. The number of aromatic nitrogens is 4. The zero-order valence-corrected chi connectivity index (χ0v) is 18.2. The van der Waals surface area contributed by atoms with Crippen molar-refractivity contribution in [3.05, 3.63) is 60.9 Å². The highest BCUT2D eigenvalue weighted by atomic mass is 79.9. The Balaban J connectivity index is 1.85. The van der Waals surface area contributed by atoms with Crippen molar-refractivity contribution in [1.29, 1.82) is 0 Å². The quantitative estimate of drug-likeness (QED) is 0.473. The van der Waals surface area contributed by atoms with Crippen molar-refractivity contribution in [1.82, 2.24) is 19.6 Å². The maximum absolute atomic E-state index is 13.0. The van der Waals surface area contributed by atoms with E-state index in [0.29, 0.717) is 15.6 Å². The average molecular weight is 532 g/mol. The number of carbonyl (C=O) groups is 1. The Morgan fingerprint density at radius 3 is 2.34 bits per heavy atom. The standard InChI is InChI=1S/C16H10BrCl3F3N5O/c1-27-12(11(17)13(25-27)16(21,22)23)15(29)24-14-10(20)6-28(26-14)5-7-8(18)3-2-4-9(7)19/h2-4,6H,5H2,1H3,(H,24,26,29). The Kier molecular flexibility index (Phi) is 6.19. The summed E-state index contributed by atoms with van der Waals surface area (Å²) in [6, 6.07) is 5.01. The molecular formula is C16H10BrCl3F3N5O. The van der Waals surface area contributed by atoms with Gasteiger partial charge in [0.05, 0.1) is 11.0 Å². The van der Waals surface area contributed by atoms with Crippen molar-refractivity contribution < 1.29 is 18.0 Å². The smallest absolute Gasteiger partial charge is 0.302 e. The molecule has 0 saturated carbocycles. The first kappa shape index (κ1) is 21.9. The van der Waals surface area contributed by atoms with Crippen LogP contribution < -0.4 is 5.32 Å². The van der Waals surface area contributed by atoms with Crippen molar-refractivity contribution in [3.63, 3.8) is 0 Å². The van der Waals surface area contributed by atoms with E-state index in [2.05, 4.69) is 31.4 Å². The number of hydrogen-bond acceptors (Lipinski definition) is 3. The molecule has 0 bridgehead atoms. The molecule has 0 unspecified atom stereocenters. The van der Waals surface area contributed by atoms with Gasteiger partial charge < -0.3 is 5.32 Å². The molecule has 3 rings (SSSR count). The Morgan fingerprint density at radius 2 is 1.79 bits per heavy atom. The zero-order chi connectivity index (χ0) is 21.5. The number of aryl methyl sites for hydroxylation is 1. The molecule has 1 amide bonds. The molecule has 0 aliphatic rings. The third kappa shape index (κ3) is 4.55. The topological polar surface area (TPSA) is 64.7 Å². The summed E-state index contributed by atoms with van der Waals surface area (Å²) in [4.78, 5) is 12.5. The van der Waals surface area contributed by atoms with Crippen LogP contribution >= 0.6 is 50.7 Å². The number of benzene rings is 1. The summed E-state index contributed by atoms with van der Waals surface area (Å²) in [6.45, 7) is 0.168. The van der Waals surface area contributed by atoms with Gasteiger partial charge in [-0.05, 0) is 28.1 Å². The van der Waals surface area contributed by atoms with Crippen molar-refractivity contribution >= 4 is 62.5 Å². The monoisotopic (exact) mass is 529 g/mol. The van der Waals surface area contributed by atoms with E-state index in [0.717, 1.165) is 4.68 Å². The molecule has 2 aromatic heterocycles. The van der Waals surface area contributed by atoms with Gasteiger partial charge in [-0.1, -0.05) is 40.9 Å². The minimum absolute atomic E-state index is 0.0403. The highest BCUT2D eigenvalue weighted by molar-refractivity contribution is 9.10. The van der Waals surface area contributed by atoms with Crippen molar-refractivity contribution in [2.75, 3.05) is 5.32 Å². The van der Waals surface area contributed by atoms with Gasteiger partial charge >= 0.3 is 6.18 Å². The van der Waals surface area contributed by atoms with Crippen LogP contribution in [0.1, 0.15) is 21.7 Å². The summed E-state index contributed by atoms with van der Waals surface area (Å²) >= 11 is 21.1. The second-order valence-corrected chi connectivity index (χ2v) is 7.82. The fourth-order valence-electron chi connectivity index (χ4n) is 2.50. The number of nitrogens with one attached hydrogen (secondary N) is 1. The third-order valence-electron chi connectivity index (χ3n) is 3.80. The van der Waals surface area contributed by atoms with Gasteiger partial charge in [-0.15, -0.1) is 0 Å². The summed E-state index contributed by atoms with van der Waals surface area (Å²) in [5, 5.41) is 10.8. The largest absolute Gasteiger partial charge is 0.436 e. The van der Waals surface area contributed by atoms with Crippen LogP contribution in [-0.2, 0) is 19.8 Å². The first-order valence-electron chi connectivity index (χ1n) is 7.76. The summed E-state index contributed by atoms with van der Waals surface area (Å²) in [5.74, 6) is -0.910. The highest BCUT2D eigenvalue weighted by Crippen LogP contribution is 2.36.